The third-order valence-corrected chi connectivity index (χ3v) is 1.28. The van der Waals surface area contributed by atoms with Crippen molar-refractivity contribution in [3.05, 3.63) is 18.3 Å². The van der Waals surface area contributed by atoms with Crippen molar-refractivity contribution < 1.29 is 0 Å². The minimum absolute atomic E-state index is 0.271. The molecule has 2 aromatic rings. The van der Waals surface area contributed by atoms with E-state index < -0.39 is 0 Å². The van der Waals surface area contributed by atoms with Crippen LogP contribution in [0.15, 0.2) is 12.7 Å². The zero-order chi connectivity index (χ0) is 7.68. The zero-order valence-electron chi connectivity index (χ0n) is 5.39. The Hall–Kier alpha value is -1.96. The van der Waals surface area contributed by atoms with Crippen LogP contribution in [0, 0.1) is 11.3 Å². The van der Waals surface area contributed by atoms with Gasteiger partial charge in [0.1, 0.15) is 6.07 Å². The second kappa shape index (κ2) is 2.02. The molecule has 2 heterocycles. The number of rotatable bonds is 0. The Kier molecular flexibility index (Phi) is 1.07. The third kappa shape index (κ3) is 0.730. The summed E-state index contributed by atoms with van der Waals surface area (Å²) in [6, 6.07) is 1.90. The van der Waals surface area contributed by atoms with Gasteiger partial charge < -0.3 is 15.0 Å². The van der Waals surface area contributed by atoms with E-state index in [1.54, 1.807) is 0 Å². The van der Waals surface area contributed by atoms with E-state index in [-0.39, 0.29) is 5.69 Å². The van der Waals surface area contributed by atoms with Crippen LogP contribution in [-0.4, -0.2) is 15.0 Å². The van der Waals surface area contributed by atoms with Gasteiger partial charge in [-0.25, -0.2) is 4.98 Å². The Bertz CT molecular complexity index is 424. The monoisotopic (exact) mass is 144 g/mol. The summed E-state index contributed by atoms with van der Waals surface area (Å²) >= 11 is 0. The van der Waals surface area contributed by atoms with Crippen molar-refractivity contribution in [2.24, 2.45) is 0 Å². The quantitative estimate of drug-likeness (QED) is 0.514. The van der Waals surface area contributed by atoms with Crippen LogP contribution in [0.2, 0.25) is 0 Å². The summed E-state index contributed by atoms with van der Waals surface area (Å²) in [5.74, 6) is 0. The van der Waals surface area contributed by atoms with Gasteiger partial charge in [-0.2, -0.15) is 5.26 Å². The fourth-order valence-corrected chi connectivity index (χ4v) is 0.806. The number of nitrogens with zero attached hydrogens (tertiary/aromatic N) is 5. The van der Waals surface area contributed by atoms with Crippen molar-refractivity contribution >= 4 is 11.2 Å². The SMILES string of the molecule is N#Cc1ncnc2[n-]cnc12. The molecular weight excluding hydrogens is 142 g/mol. The molecule has 0 radical (unpaired) electrons. The summed E-state index contributed by atoms with van der Waals surface area (Å²) in [4.78, 5) is 15.2. The van der Waals surface area contributed by atoms with Crippen LogP contribution in [0.25, 0.3) is 11.2 Å². The van der Waals surface area contributed by atoms with Gasteiger partial charge in [0, 0.05) is 17.5 Å². The van der Waals surface area contributed by atoms with Gasteiger partial charge in [0.25, 0.3) is 0 Å². The van der Waals surface area contributed by atoms with Gasteiger partial charge in [0.05, 0.1) is 0 Å². The molecule has 0 unspecified atom stereocenters. The summed E-state index contributed by atoms with van der Waals surface area (Å²) in [5, 5.41) is 8.55. The summed E-state index contributed by atoms with van der Waals surface area (Å²) < 4.78 is 0. The predicted molar refractivity (Wildman–Crippen MR) is 35.4 cm³/mol. The highest BCUT2D eigenvalue weighted by Gasteiger charge is 1.95. The lowest BCUT2D eigenvalue weighted by atomic mass is 10.4. The molecule has 0 saturated heterocycles. The first-order valence-corrected chi connectivity index (χ1v) is 2.90. The number of nitriles is 1. The molecule has 0 spiro atoms. The predicted octanol–water partition coefficient (Wildman–Crippen LogP) is -0.146. The zero-order valence-corrected chi connectivity index (χ0v) is 5.39. The summed E-state index contributed by atoms with van der Waals surface area (Å²) in [7, 11) is 0. The Morgan fingerprint density at radius 1 is 1.36 bits per heavy atom. The van der Waals surface area contributed by atoms with Crippen LogP contribution in [0.1, 0.15) is 5.69 Å². The minimum atomic E-state index is 0.271. The fraction of sp³-hybridized carbons (Fsp3) is 0. The highest BCUT2D eigenvalue weighted by molar-refractivity contribution is 5.74. The fourth-order valence-electron chi connectivity index (χ4n) is 0.806. The minimum Gasteiger partial charge on any atom is -0.365 e. The van der Waals surface area contributed by atoms with Crippen molar-refractivity contribution in [2.75, 3.05) is 0 Å². The van der Waals surface area contributed by atoms with Crippen molar-refractivity contribution in [3.8, 4) is 6.07 Å². The lowest BCUT2D eigenvalue weighted by molar-refractivity contribution is 1.17. The van der Waals surface area contributed by atoms with E-state index in [9.17, 15) is 0 Å². The third-order valence-electron chi connectivity index (χ3n) is 1.28. The van der Waals surface area contributed by atoms with Gasteiger partial charge in [-0.1, -0.05) is 0 Å². The van der Waals surface area contributed by atoms with Gasteiger partial charge in [-0.15, -0.1) is 0 Å². The normalized spacial score (nSPS) is 9.73. The molecule has 0 aliphatic rings. The molecule has 5 nitrogen and oxygen atoms in total. The number of aromatic nitrogens is 4. The molecule has 2 rings (SSSR count). The van der Waals surface area contributed by atoms with E-state index in [0.717, 1.165) is 0 Å². The Morgan fingerprint density at radius 3 is 3.09 bits per heavy atom. The molecule has 11 heavy (non-hydrogen) atoms. The molecule has 0 N–H and O–H groups in total. The van der Waals surface area contributed by atoms with E-state index in [1.807, 2.05) is 6.07 Å². The molecular formula is C6H2N5-. The van der Waals surface area contributed by atoms with Crippen LogP contribution in [0.5, 0.6) is 0 Å². The first-order valence-electron chi connectivity index (χ1n) is 2.90. The molecule has 0 saturated carbocycles. The summed E-state index contributed by atoms with van der Waals surface area (Å²) in [5.41, 5.74) is 1.21. The van der Waals surface area contributed by atoms with Crippen LogP contribution in [-0.2, 0) is 0 Å². The van der Waals surface area contributed by atoms with Crippen LogP contribution in [0.4, 0.5) is 0 Å². The molecule has 2 aromatic heterocycles. The molecule has 0 atom stereocenters. The average Bonchev–Trinajstić information content (AvgIpc) is 2.50. The average molecular weight is 144 g/mol. The highest BCUT2D eigenvalue weighted by atomic mass is 15.0. The Balaban J connectivity index is 2.92. The molecule has 52 valence electrons. The van der Waals surface area contributed by atoms with E-state index in [2.05, 4.69) is 19.9 Å². The second-order valence-corrected chi connectivity index (χ2v) is 1.88. The van der Waals surface area contributed by atoms with E-state index >= 15 is 0 Å². The van der Waals surface area contributed by atoms with Crippen molar-refractivity contribution in [3.63, 3.8) is 0 Å². The van der Waals surface area contributed by atoms with Crippen LogP contribution >= 0.6 is 0 Å². The largest absolute Gasteiger partial charge is 0.365 e. The van der Waals surface area contributed by atoms with Gasteiger partial charge in [0.2, 0.25) is 0 Å². The van der Waals surface area contributed by atoms with Gasteiger partial charge in [-0.05, 0) is 6.33 Å². The summed E-state index contributed by atoms with van der Waals surface area (Å²) in [6.45, 7) is 0. The van der Waals surface area contributed by atoms with Crippen LogP contribution in [0.3, 0.4) is 0 Å². The molecule has 0 aromatic carbocycles. The standard InChI is InChI=1S/C6H2N5/c7-1-4-5-6(10-2-8-4)11-3-9-5/h2-3H/q-1. The number of hydrogen-bond donors (Lipinski definition) is 0. The first-order chi connectivity index (χ1) is 5.42. The number of hydrogen-bond acceptors (Lipinski definition) is 4. The smallest absolute Gasteiger partial charge is 0.151 e. The lowest BCUT2D eigenvalue weighted by Crippen LogP contribution is -1.86. The van der Waals surface area contributed by atoms with Gasteiger partial charge >= 0.3 is 0 Å². The van der Waals surface area contributed by atoms with Crippen molar-refractivity contribution in [1.29, 1.82) is 5.26 Å². The molecule has 5 heteroatoms. The maximum Gasteiger partial charge on any atom is 0.151 e. The first kappa shape index (κ1) is 5.80. The second-order valence-electron chi connectivity index (χ2n) is 1.88. The van der Waals surface area contributed by atoms with Crippen molar-refractivity contribution in [2.45, 2.75) is 0 Å². The van der Waals surface area contributed by atoms with Gasteiger partial charge in [0.15, 0.2) is 5.69 Å². The lowest BCUT2D eigenvalue weighted by Gasteiger charge is -1.94. The molecule has 0 fully saturated rings. The molecule has 0 amide bonds. The number of imidazole rings is 1. The maximum absolute atomic E-state index is 8.55. The Labute approximate surface area is 61.7 Å². The van der Waals surface area contributed by atoms with Crippen LogP contribution < -0.4 is 4.98 Å². The number of fused-ring (bicyclic) bond motifs is 1. The van der Waals surface area contributed by atoms with Gasteiger partial charge in [-0.3, -0.25) is 0 Å². The highest BCUT2D eigenvalue weighted by Crippen LogP contribution is 2.05. The Morgan fingerprint density at radius 2 is 2.27 bits per heavy atom. The molecule has 0 bridgehead atoms. The van der Waals surface area contributed by atoms with E-state index in [1.165, 1.54) is 12.7 Å². The van der Waals surface area contributed by atoms with E-state index in [0.29, 0.717) is 11.2 Å². The van der Waals surface area contributed by atoms with E-state index in [4.69, 9.17) is 5.26 Å². The van der Waals surface area contributed by atoms with Crippen molar-refractivity contribution in [1.82, 2.24) is 19.9 Å². The maximum atomic E-state index is 8.55. The topological polar surface area (TPSA) is 76.6 Å². The molecule has 0 aliphatic carbocycles. The summed E-state index contributed by atoms with van der Waals surface area (Å²) in [6.07, 6.45) is 2.66. The molecule has 0 aliphatic heterocycles.